The number of rotatable bonds is 4. The van der Waals surface area contributed by atoms with Crippen LogP contribution >= 0.6 is 11.3 Å². The number of carbonyl (C=O) groups excluding carboxylic acids is 3. The molecule has 0 aliphatic heterocycles. The highest BCUT2D eigenvalue weighted by Crippen LogP contribution is 2.32. The van der Waals surface area contributed by atoms with Gasteiger partial charge in [-0.15, -0.1) is 11.3 Å². The monoisotopic (exact) mass is 436 g/mol. The quantitative estimate of drug-likeness (QED) is 0.373. The van der Waals surface area contributed by atoms with Crippen LogP contribution in [0.5, 0.6) is 0 Å². The SMILES string of the molecule is Cc1nn(-c2ccccc2)c(C)c1C(=O)C(=O)NNC(=O)c1cc2c(s1)CCC(C)C2. The van der Waals surface area contributed by atoms with Crippen molar-refractivity contribution < 1.29 is 14.4 Å². The molecular formula is C23H24N4O3S. The lowest BCUT2D eigenvalue weighted by molar-refractivity contribution is -0.117. The maximum absolute atomic E-state index is 12.8. The fourth-order valence-electron chi connectivity index (χ4n) is 3.96. The first-order chi connectivity index (χ1) is 14.8. The Balaban J connectivity index is 1.44. The van der Waals surface area contributed by atoms with Crippen LogP contribution in [0.3, 0.4) is 0 Å². The molecule has 3 aromatic rings. The number of nitrogens with zero attached hydrogens (tertiary/aromatic N) is 2. The molecule has 2 N–H and O–H groups in total. The highest BCUT2D eigenvalue weighted by atomic mass is 32.1. The number of nitrogens with one attached hydrogen (secondary N) is 2. The van der Waals surface area contributed by atoms with Crippen LogP contribution in [0.15, 0.2) is 36.4 Å². The van der Waals surface area contributed by atoms with Crippen LogP contribution in [0.25, 0.3) is 5.69 Å². The molecule has 1 aliphatic rings. The van der Waals surface area contributed by atoms with Gasteiger partial charge in [0, 0.05) is 4.88 Å². The van der Waals surface area contributed by atoms with Crippen molar-refractivity contribution in [3.8, 4) is 5.69 Å². The number of aromatic nitrogens is 2. The van der Waals surface area contributed by atoms with Gasteiger partial charge < -0.3 is 0 Å². The van der Waals surface area contributed by atoms with E-state index in [0.717, 1.165) is 24.9 Å². The topological polar surface area (TPSA) is 93.1 Å². The second kappa shape index (κ2) is 8.47. The molecular weight excluding hydrogens is 412 g/mol. The minimum Gasteiger partial charge on any atom is -0.283 e. The number of thiophene rings is 1. The Morgan fingerprint density at radius 1 is 1.13 bits per heavy atom. The predicted molar refractivity (Wildman–Crippen MR) is 118 cm³/mol. The van der Waals surface area contributed by atoms with Crippen LogP contribution in [0.2, 0.25) is 0 Å². The number of amides is 2. The molecule has 1 unspecified atom stereocenters. The Labute approximate surface area is 184 Å². The third-order valence-electron chi connectivity index (χ3n) is 5.57. The second-order valence-corrected chi connectivity index (χ2v) is 9.07. The van der Waals surface area contributed by atoms with Gasteiger partial charge in [0.15, 0.2) is 0 Å². The lowest BCUT2D eigenvalue weighted by Crippen LogP contribution is -2.44. The minimum atomic E-state index is -0.901. The van der Waals surface area contributed by atoms with Gasteiger partial charge in [0.25, 0.3) is 11.7 Å². The molecule has 1 aliphatic carbocycles. The second-order valence-electron chi connectivity index (χ2n) is 7.94. The van der Waals surface area contributed by atoms with Gasteiger partial charge in [-0.1, -0.05) is 25.1 Å². The molecule has 160 valence electrons. The number of fused-ring (bicyclic) bond motifs is 1. The summed E-state index contributed by atoms with van der Waals surface area (Å²) in [7, 11) is 0. The molecule has 1 atom stereocenters. The van der Waals surface area contributed by atoms with E-state index in [9.17, 15) is 14.4 Å². The Morgan fingerprint density at radius 2 is 1.87 bits per heavy atom. The Hall–Kier alpha value is -3.26. The van der Waals surface area contributed by atoms with Crippen molar-refractivity contribution in [1.82, 2.24) is 20.6 Å². The van der Waals surface area contributed by atoms with Crippen LogP contribution in [-0.4, -0.2) is 27.4 Å². The number of benzene rings is 1. The maximum Gasteiger partial charge on any atom is 0.310 e. The first-order valence-corrected chi connectivity index (χ1v) is 11.0. The van der Waals surface area contributed by atoms with E-state index < -0.39 is 17.6 Å². The van der Waals surface area contributed by atoms with Gasteiger partial charge in [0.1, 0.15) is 0 Å². The van der Waals surface area contributed by atoms with Crippen molar-refractivity contribution >= 4 is 28.9 Å². The Kier molecular flexibility index (Phi) is 5.73. The summed E-state index contributed by atoms with van der Waals surface area (Å²) in [4.78, 5) is 39.5. The molecule has 7 nitrogen and oxygen atoms in total. The van der Waals surface area contributed by atoms with Crippen LogP contribution < -0.4 is 10.9 Å². The zero-order valence-electron chi connectivity index (χ0n) is 17.7. The number of ketones is 1. The fraction of sp³-hybridized carbons (Fsp3) is 0.304. The van der Waals surface area contributed by atoms with E-state index in [1.54, 1.807) is 18.5 Å². The van der Waals surface area contributed by atoms with Gasteiger partial charge in [-0.25, -0.2) is 4.68 Å². The molecule has 0 fully saturated rings. The van der Waals surface area contributed by atoms with E-state index in [1.807, 2.05) is 36.4 Å². The van der Waals surface area contributed by atoms with Crippen molar-refractivity contribution in [2.75, 3.05) is 0 Å². The van der Waals surface area contributed by atoms with Crippen molar-refractivity contribution in [3.63, 3.8) is 0 Å². The number of para-hydroxylation sites is 1. The van der Waals surface area contributed by atoms with Gasteiger partial charge in [-0.2, -0.15) is 5.10 Å². The molecule has 0 saturated heterocycles. The standard InChI is InChI=1S/C23H24N4O3S/c1-13-9-10-18-16(11-13)12-19(31-18)22(29)24-25-23(30)21(28)20-14(2)26-27(15(20)3)17-7-5-4-6-8-17/h4-8,12-13H,9-11H2,1-3H3,(H,24,29)(H,25,30). The molecule has 31 heavy (non-hydrogen) atoms. The summed E-state index contributed by atoms with van der Waals surface area (Å²) in [6, 6.07) is 11.3. The molecule has 0 radical (unpaired) electrons. The third-order valence-corrected chi connectivity index (χ3v) is 6.80. The molecule has 0 saturated carbocycles. The van der Waals surface area contributed by atoms with E-state index in [2.05, 4.69) is 22.9 Å². The van der Waals surface area contributed by atoms with Crippen molar-refractivity contribution in [3.05, 3.63) is 68.7 Å². The van der Waals surface area contributed by atoms with Gasteiger partial charge in [-0.3, -0.25) is 25.2 Å². The lowest BCUT2D eigenvalue weighted by Gasteiger charge is -2.16. The van der Waals surface area contributed by atoms with E-state index in [-0.39, 0.29) is 5.56 Å². The first kappa shape index (κ1) is 21.0. The molecule has 4 rings (SSSR count). The number of carbonyl (C=O) groups is 3. The summed E-state index contributed by atoms with van der Waals surface area (Å²) in [5, 5.41) is 4.40. The smallest absolute Gasteiger partial charge is 0.283 e. The maximum atomic E-state index is 12.8. The van der Waals surface area contributed by atoms with Crippen molar-refractivity contribution in [2.24, 2.45) is 5.92 Å². The molecule has 1 aromatic carbocycles. The van der Waals surface area contributed by atoms with Gasteiger partial charge >= 0.3 is 5.91 Å². The largest absolute Gasteiger partial charge is 0.310 e. The van der Waals surface area contributed by atoms with E-state index in [4.69, 9.17) is 0 Å². The van der Waals surface area contributed by atoms with Crippen molar-refractivity contribution in [2.45, 2.75) is 40.0 Å². The number of hydrazine groups is 1. The number of Topliss-reactive ketones (excluding diaryl/α,β-unsaturated/α-hetero) is 1. The van der Waals surface area contributed by atoms with Gasteiger partial charge in [0.2, 0.25) is 0 Å². The van der Waals surface area contributed by atoms with E-state index in [0.29, 0.717) is 22.2 Å². The first-order valence-electron chi connectivity index (χ1n) is 10.2. The number of hydrogen-bond acceptors (Lipinski definition) is 5. The molecule has 2 aromatic heterocycles. The minimum absolute atomic E-state index is 0.233. The highest BCUT2D eigenvalue weighted by Gasteiger charge is 2.26. The Bertz CT molecular complexity index is 1160. The summed E-state index contributed by atoms with van der Waals surface area (Å²) in [5.74, 6) is -1.45. The van der Waals surface area contributed by atoms with Crippen LogP contribution in [0.4, 0.5) is 0 Å². The van der Waals surface area contributed by atoms with Crippen LogP contribution in [0.1, 0.15) is 55.2 Å². The van der Waals surface area contributed by atoms with Gasteiger partial charge in [0.05, 0.1) is 27.5 Å². The molecule has 8 heteroatoms. The van der Waals surface area contributed by atoms with Crippen LogP contribution in [0, 0.1) is 19.8 Å². The zero-order valence-corrected chi connectivity index (χ0v) is 18.5. The van der Waals surface area contributed by atoms with Crippen molar-refractivity contribution in [1.29, 1.82) is 0 Å². The molecule has 2 amide bonds. The average Bonchev–Trinajstić information content (AvgIpc) is 3.31. The summed E-state index contributed by atoms with van der Waals surface area (Å²) in [6.07, 6.45) is 3.06. The normalized spacial score (nSPS) is 15.3. The average molecular weight is 437 g/mol. The number of hydrogen-bond donors (Lipinski definition) is 2. The Morgan fingerprint density at radius 3 is 2.61 bits per heavy atom. The summed E-state index contributed by atoms with van der Waals surface area (Å²) < 4.78 is 1.63. The fourth-order valence-corrected chi connectivity index (χ4v) is 5.06. The molecule has 0 bridgehead atoms. The van der Waals surface area contributed by atoms with Crippen LogP contribution in [-0.2, 0) is 17.6 Å². The van der Waals surface area contributed by atoms with E-state index >= 15 is 0 Å². The van der Waals surface area contributed by atoms with Gasteiger partial charge in [-0.05, 0) is 62.8 Å². The lowest BCUT2D eigenvalue weighted by atomic mass is 9.90. The summed E-state index contributed by atoms with van der Waals surface area (Å²) >= 11 is 1.45. The molecule has 2 heterocycles. The zero-order chi connectivity index (χ0) is 22.1. The summed E-state index contributed by atoms with van der Waals surface area (Å²) in [5.41, 5.74) is 7.88. The van der Waals surface area contributed by atoms with E-state index in [1.165, 1.54) is 21.8 Å². The predicted octanol–water partition coefficient (Wildman–Crippen LogP) is 3.32. The number of aryl methyl sites for hydroxylation is 2. The summed E-state index contributed by atoms with van der Waals surface area (Å²) in [6.45, 7) is 5.63. The highest BCUT2D eigenvalue weighted by molar-refractivity contribution is 7.14. The molecule has 0 spiro atoms. The third kappa shape index (κ3) is 4.16.